The first kappa shape index (κ1) is 13.4. The maximum Gasteiger partial charge on any atom is 0.271 e. The average molecular weight is 354 g/mol. The molecule has 1 aromatic heterocycles. The topological polar surface area (TPSA) is 46.2 Å². The van der Waals surface area contributed by atoms with Crippen LogP contribution in [-0.2, 0) is 10.0 Å². The molecule has 0 fully saturated rings. The summed E-state index contributed by atoms with van der Waals surface area (Å²) < 4.78 is 52.7. The second-order valence-corrected chi connectivity index (χ2v) is 7.05. The van der Waals surface area contributed by atoms with Crippen molar-refractivity contribution in [3.05, 3.63) is 45.8 Å². The highest BCUT2D eigenvalue weighted by Gasteiger charge is 2.20. The van der Waals surface area contributed by atoms with Gasteiger partial charge in [0, 0.05) is 4.47 Å². The molecule has 1 aromatic carbocycles. The van der Waals surface area contributed by atoms with Gasteiger partial charge in [-0.2, -0.15) is 0 Å². The van der Waals surface area contributed by atoms with E-state index in [9.17, 15) is 17.2 Å². The molecule has 0 aliphatic rings. The zero-order valence-electron chi connectivity index (χ0n) is 8.65. The van der Waals surface area contributed by atoms with Crippen molar-refractivity contribution in [2.24, 2.45) is 0 Å². The summed E-state index contributed by atoms with van der Waals surface area (Å²) in [6, 6.07) is 4.85. The van der Waals surface area contributed by atoms with Crippen LogP contribution in [0.5, 0.6) is 0 Å². The summed E-state index contributed by atoms with van der Waals surface area (Å²) in [4.78, 5) is 0. The van der Waals surface area contributed by atoms with Crippen molar-refractivity contribution < 1.29 is 17.2 Å². The minimum absolute atomic E-state index is 0.00998. The molecule has 0 radical (unpaired) electrons. The Labute approximate surface area is 115 Å². The van der Waals surface area contributed by atoms with Crippen LogP contribution in [-0.4, -0.2) is 8.42 Å². The van der Waals surface area contributed by atoms with E-state index in [0.29, 0.717) is 0 Å². The molecule has 2 rings (SSSR count). The summed E-state index contributed by atoms with van der Waals surface area (Å²) in [6.45, 7) is 0. The highest BCUT2D eigenvalue weighted by Crippen LogP contribution is 2.27. The largest absolute Gasteiger partial charge is 0.273 e. The van der Waals surface area contributed by atoms with E-state index < -0.39 is 27.3 Å². The highest BCUT2D eigenvalue weighted by atomic mass is 79.9. The lowest BCUT2D eigenvalue weighted by Crippen LogP contribution is -2.14. The van der Waals surface area contributed by atoms with Gasteiger partial charge < -0.3 is 0 Å². The van der Waals surface area contributed by atoms with Gasteiger partial charge in [0.25, 0.3) is 10.0 Å². The lowest BCUT2D eigenvalue weighted by molar-refractivity contribution is 0.582. The van der Waals surface area contributed by atoms with E-state index >= 15 is 0 Å². The van der Waals surface area contributed by atoms with Gasteiger partial charge >= 0.3 is 0 Å². The molecule has 8 heteroatoms. The SMILES string of the molecule is O=S(=O)(Nc1c(F)cc(Br)cc1F)c1cccs1. The summed E-state index contributed by atoms with van der Waals surface area (Å²) in [5.41, 5.74) is -0.688. The maximum atomic E-state index is 13.5. The monoisotopic (exact) mass is 353 g/mol. The maximum absolute atomic E-state index is 13.5. The number of hydrogen-bond acceptors (Lipinski definition) is 3. The predicted octanol–water partition coefficient (Wildman–Crippen LogP) is 3.59. The first-order chi connectivity index (χ1) is 8.40. The Bertz CT molecular complexity index is 648. The molecule has 0 aliphatic heterocycles. The molecule has 0 saturated carbocycles. The fourth-order valence-electron chi connectivity index (χ4n) is 1.24. The van der Waals surface area contributed by atoms with E-state index in [1.165, 1.54) is 12.1 Å². The zero-order valence-corrected chi connectivity index (χ0v) is 11.9. The molecule has 0 atom stereocenters. The number of hydrogen-bond donors (Lipinski definition) is 1. The summed E-state index contributed by atoms with van der Waals surface area (Å²) in [6.07, 6.45) is 0. The molecule has 2 aromatic rings. The average Bonchev–Trinajstić information content (AvgIpc) is 2.77. The number of sulfonamides is 1. The van der Waals surface area contributed by atoms with Gasteiger partial charge in [-0.1, -0.05) is 22.0 Å². The molecule has 0 bridgehead atoms. The van der Waals surface area contributed by atoms with Gasteiger partial charge in [0.2, 0.25) is 0 Å². The summed E-state index contributed by atoms with van der Waals surface area (Å²) in [5, 5.41) is 1.56. The third-order valence-corrected chi connectivity index (χ3v) is 5.21. The Morgan fingerprint density at radius 1 is 1.22 bits per heavy atom. The molecular weight excluding hydrogens is 348 g/mol. The summed E-state index contributed by atoms with van der Waals surface area (Å²) in [5.74, 6) is -1.97. The zero-order chi connectivity index (χ0) is 13.3. The molecule has 18 heavy (non-hydrogen) atoms. The third kappa shape index (κ3) is 2.70. The fourth-order valence-corrected chi connectivity index (χ4v) is 3.71. The van der Waals surface area contributed by atoms with Crippen LogP contribution in [0.25, 0.3) is 0 Å². The number of rotatable bonds is 3. The quantitative estimate of drug-likeness (QED) is 0.916. The molecule has 0 spiro atoms. The Morgan fingerprint density at radius 3 is 2.33 bits per heavy atom. The Hall–Kier alpha value is -0.990. The normalized spacial score (nSPS) is 11.5. The van der Waals surface area contributed by atoms with E-state index in [2.05, 4.69) is 15.9 Å². The number of thiophene rings is 1. The van der Waals surface area contributed by atoms with Gasteiger partial charge in [-0.15, -0.1) is 11.3 Å². The van der Waals surface area contributed by atoms with Crippen molar-refractivity contribution in [2.75, 3.05) is 4.72 Å². The number of halogens is 3. The fraction of sp³-hybridized carbons (Fsp3) is 0. The summed E-state index contributed by atoms with van der Waals surface area (Å²) in [7, 11) is -3.95. The molecular formula is C10H6BrF2NO2S2. The van der Waals surface area contributed by atoms with Gasteiger partial charge in [0.15, 0.2) is 11.6 Å². The van der Waals surface area contributed by atoms with Crippen molar-refractivity contribution in [3.8, 4) is 0 Å². The Balaban J connectivity index is 2.42. The number of anilines is 1. The number of nitrogens with one attached hydrogen (secondary N) is 1. The second-order valence-electron chi connectivity index (χ2n) is 3.28. The van der Waals surface area contributed by atoms with Crippen LogP contribution in [0.3, 0.4) is 0 Å². The predicted molar refractivity (Wildman–Crippen MR) is 69.2 cm³/mol. The van der Waals surface area contributed by atoms with Crippen LogP contribution in [0.1, 0.15) is 0 Å². The Kier molecular flexibility index (Phi) is 3.69. The summed E-state index contributed by atoms with van der Waals surface area (Å²) >= 11 is 3.87. The van der Waals surface area contributed by atoms with E-state index in [1.54, 1.807) is 5.38 Å². The Morgan fingerprint density at radius 2 is 1.83 bits per heavy atom. The van der Waals surface area contributed by atoms with Gasteiger partial charge in [-0.05, 0) is 23.6 Å². The smallest absolute Gasteiger partial charge is 0.271 e. The van der Waals surface area contributed by atoms with Crippen molar-refractivity contribution >= 4 is 43.0 Å². The van der Waals surface area contributed by atoms with Crippen LogP contribution < -0.4 is 4.72 Å². The molecule has 0 amide bonds. The second kappa shape index (κ2) is 4.94. The van der Waals surface area contributed by atoms with Gasteiger partial charge in [0.05, 0.1) is 0 Å². The van der Waals surface area contributed by atoms with Crippen LogP contribution in [0.2, 0.25) is 0 Å². The molecule has 0 saturated heterocycles. The lowest BCUT2D eigenvalue weighted by atomic mass is 10.3. The molecule has 1 heterocycles. The highest BCUT2D eigenvalue weighted by molar-refractivity contribution is 9.10. The van der Waals surface area contributed by atoms with Crippen LogP contribution in [0.15, 0.2) is 38.3 Å². The first-order valence-electron chi connectivity index (χ1n) is 4.61. The number of benzene rings is 1. The lowest BCUT2D eigenvalue weighted by Gasteiger charge is -2.08. The van der Waals surface area contributed by atoms with E-state index in [1.807, 2.05) is 4.72 Å². The van der Waals surface area contributed by atoms with Crippen molar-refractivity contribution in [2.45, 2.75) is 4.21 Å². The van der Waals surface area contributed by atoms with Gasteiger partial charge in [0.1, 0.15) is 9.90 Å². The third-order valence-electron chi connectivity index (χ3n) is 2.00. The van der Waals surface area contributed by atoms with E-state index in [0.717, 1.165) is 23.5 Å². The van der Waals surface area contributed by atoms with Crippen LogP contribution in [0, 0.1) is 11.6 Å². The molecule has 0 unspecified atom stereocenters. The van der Waals surface area contributed by atoms with Gasteiger partial charge in [-0.3, -0.25) is 4.72 Å². The van der Waals surface area contributed by atoms with Gasteiger partial charge in [-0.25, -0.2) is 17.2 Å². The van der Waals surface area contributed by atoms with Crippen molar-refractivity contribution in [3.63, 3.8) is 0 Å². The van der Waals surface area contributed by atoms with Crippen molar-refractivity contribution in [1.29, 1.82) is 0 Å². The minimum atomic E-state index is -3.95. The molecule has 3 nitrogen and oxygen atoms in total. The molecule has 1 N–H and O–H groups in total. The first-order valence-corrected chi connectivity index (χ1v) is 7.76. The minimum Gasteiger partial charge on any atom is -0.273 e. The van der Waals surface area contributed by atoms with Crippen molar-refractivity contribution in [1.82, 2.24) is 0 Å². The van der Waals surface area contributed by atoms with Crippen LogP contribution >= 0.6 is 27.3 Å². The van der Waals surface area contributed by atoms with E-state index in [4.69, 9.17) is 0 Å². The standard InChI is InChI=1S/C10H6BrF2NO2S2/c11-6-4-7(12)10(8(13)5-6)14-18(15,16)9-2-1-3-17-9/h1-5,14H. The van der Waals surface area contributed by atoms with Crippen LogP contribution in [0.4, 0.5) is 14.5 Å². The molecule has 0 aliphatic carbocycles. The van der Waals surface area contributed by atoms with E-state index in [-0.39, 0.29) is 8.68 Å². The molecule has 96 valence electrons.